The Balaban J connectivity index is 2.13. The Morgan fingerprint density at radius 1 is 1.29 bits per heavy atom. The topological polar surface area (TPSA) is 109 Å². The molecule has 1 aromatic carbocycles. The molecule has 1 aliphatic rings. The van der Waals surface area contributed by atoms with E-state index in [4.69, 9.17) is 10.8 Å². The highest BCUT2D eigenvalue weighted by Gasteiger charge is 2.51. The largest absolute Gasteiger partial charge is 0.480 e. The van der Waals surface area contributed by atoms with Gasteiger partial charge in [0.1, 0.15) is 6.04 Å². The van der Waals surface area contributed by atoms with Gasteiger partial charge in [-0.1, -0.05) is 28.1 Å². The van der Waals surface area contributed by atoms with Crippen LogP contribution in [0.4, 0.5) is 0 Å². The molecule has 7 heteroatoms. The van der Waals surface area contributed by atoms with Crippen molar-refractivity contribution in [1.82, 2.24) is 5.32 Å². The van der Waals surface area contributed by atoms with Crippen LogP contribution in [0.3, 0.4) is 0 Å². The van der Waals surface area contributed by atoms with Crippen molar-refractivity contribution in [1.29, 1.82) is 0 Å². The molecular formula is C14H15BrN2O4. The monoisotopic (exact) mass is 354 g/mol. The van der Waals surface area contributed by atoms with E-state index >= 15 is 0 Å². The third-order valence-corrected chi connectivity index (χ3v) is 4.12. The maximum atomic E-state index is 12.4. The van der Waals surface area contributed by atoms with Crippen LogP contribution in [0.1, 0.15) is 24.8 Å². The smallest absolute Gasteiger partial charge is 0.326 e. The van der Waals surface area contributed by atoms with Gasteiger partial charge < -0.3 is 16.2 Å². The molecular weight excluding hydrogens is 340 g/mol. The van der Waals surface area contributed by atoms with E-state index in [-0.39, 0.29) is 5.91 Å². The Hall–Kier alpha value is -1.89. The lowest BCUT2D eigenvalue weighted by molar-refractivity contribution is -0.143. The van der Waals surface area contributed by atoms with Crippen molar-refractivity contribution in [3.05, 3.63) is 34.3 Å². The number of hydrogen-bond acceptors (Lipinski definition) is 3. The third-order valence-electron chi connectivity index (χ3n) is 3.59. The number of carbonyl (C=O) groups is 3. The lowest BCUT2D eigenvalue weighted by Crippen LogP contribution is -2.47. The molecule has 1 fully saturated rings. The Morgan fingerprint density at radius 3 is 2.29 bits per heavy atom. The van der Waals surface area contributed by atoms with E-state index in [1.807, 2.05) is 24.3 Å². The van der Waals surface area contributed by atoms with Crippen LogP contribution >= 0.6 is 15.9 Å². The van der Waals surface area contributed by atoms with Gasteiger partial charge in [0.2, 0.25) is 11.8 Å². The summed E-state index contributed by atoms with van der Waals surface area (Å²) in [7, 11) is 0. The fourth-order valence-corrected chi connectivity index (χ4v) is 2.50. The summed E-state index contributed by atoms with van der Waals surface area (Å²) in [5.41, 5.74) is 5.15. The zero-order valence-electron chi connectivity index (χ0n) is 11.1. The number of carboxylic acids is 1. The van der Waals surface area contributed by atoms with Crippen LogP contribution in [0.25, 0.3) is 0 Å². The summed E-state index contributed by atoms with van der Waals surface area (Å²) in [6.07, 6.45) is 0.893. The maximum absolute atomic E-state index is 12.4. The first-order valence-electron chi connectivity index (χ1n) is 6.43. The summed E-state index contributed by atoms with van der Waals surface area (Å²) in [5.74, 6) is -2.41. The van der Waals surface area contributed by atoms with Gasteiger partial charge in [-0.05, 0) is 30.5 Å². The summed E-state index contributed by atoms with van der Waals surface area (Å²) < 4.78 is 0.902. The molecule has 0 radical (unpaired) electrons. The Bertz CT molecular complexity index is 581. The molecule has 6 nitrogen and oxygen atoms in total. The normalized spacial score (nSPS) is 16.8. The van der Waals surface area contributed by atoms with Crippen molar-refractivity contribution >= 4 is 33.7 Å². The first kappa shape index (κ1) is 15.5. The second kappa shape index (κ2) is 5.85. The minimum Gasteiger partial charge on any atom is -0.480 e. The predicted octanol–water partition coefficient (Wildman–Crippen LogP) is 0.926. The number of carbonyl (C=O) groups excluding carboxylic acids is 2. The zero-order chi connectivity index (χ0) is 15.6. The van der Waals surface area contributed by atoms with E-state index in [0.717, 1.165) is 10.0 Å². The molecule has 1 aromatic rings. The number of halogens is 1. The van der Waals surface area contributed by atoms with Crippen molar-refractivity contribution in [3.63, 3.8) is 0 Å². The summed E-state index contributed by atoms with van der Waals surface area (Å²) in [5, 5.41) is 11.4. The first-order valence-corrected chi connectivity index (χ1v) is 7.22. The summed E-state index contributed by atoms with van der Waals surface area (Å²) in [6.45, 7) is 0. The van der Waals surface area contributed by atoms with Crippen molar-refractivity contribution < 1.29 is 19.5 Å². The highest BCUT2D eigenvalue weighted by molar-refractivity contribution is 9.10. The number of aliphatic carboxylic acids is 1. The van der Waals surface area contributed by atoms with E-state index in [0.29, 0.717) is 12.8 Å². The number of carboxylic acid groups (broad SMARTS) is 1. The van der Waals surface area contributed by atoms with Crippen LogP contribution in [0.15, 0.2) is 28.7 Å². The van der Waals surface area contributed by atoms with Crippen LogP contribution in [0.2, 0.25) is 0 Å². The van der Waals surface area contributed by atoms with Gasteiger partial charge in [-0.25, -0.2) is 4.79 Å². The Morgan fingerprint density at radius 2 is 1.86 bits per heavy atom. The fourth-order valence-electron chi connectivity index (χ4n) is 2.24. The number of nitrogens with two attached hydrogens (primary N) is 1. The molecule has 0 spiro atoms. The number of nitrogens with one attached hydrogen (secondary N) is 1. The van der Waals surface area contributed by atoms with Crippen molar-refractivity contribution in [3.8, 4) is 0 Å². The SMILES string of the molecule is NC(=O)C[C@H](NC(=O)C1(c2ccc(Br)cc2)CC1)C(=O)O. The third kappa shape index (κ3) is 3.41. The second-order valence-electron chi connectivity index (χ2n) is 5.12. The van der Waals surface area contributed by atoms with Crippen LogP contribution in [0.5, 0.6) is 0 Å². The number of rotatable bonds is 6. The van der Waals surface area contributed by atoms with Crippen molar-refractivity contribution in [2.75, 3.05) is 0 Å². The summed E-state index contributed by atoms with van der Waals surface area (Å²) in [4.78, 5) is 34.3. The molecule has 1 aliphatic carbocycles. The lowest BCUT2D eigenvalue weighted by Gasteiger charge is -2.19. The molecule has 21 heavy (non-hydrogen) atoms. The quantitative estimate of drug-likeness (QED) is 0.705. The van der Waals surface area contributed by atoms with Crippen LogP contribution < -0.4 is 11.1 Å². The minimum absolute atomic E-state index is 0.376. The predicted molar refractivity (Wildman–Crippen MR) is 78.4 cm³/mol. The van der Waals surface area contributed by atoms with E-state index in [9.17, 15) is 14.4 Å². The first-order chi connectivity index (χ1) is 9.85. The molecule has 4 N–H and O–H groups in total. The Kier molecular flexibility index (Phi) is 4.32. The molecule has 0 unspecified atom stereocenters. The highest BCUT2D eigenvalue weighted by atomic mass is 79.9. The molecule has 112 valence electrons. The second-order valence-corrected chi connectivity index (χ2v) is 6.04. The molecule has 0 bridgehead atoms. The molecule has 1 atom stereocenters. The number of amides is 2. The number of hydrogen-bond donors (Lipinski definition) is 3. The average molecular weight is 355 g/mol. The van der Waals surface area contributed by atoms with Gasteiger partial charge in [-0.2, -0.15) is 0 Å². The van der Waals surface area contributed by atoms with E-state index in [2.05, 4.69) is 21.2 Å². The standard InChI is InChI=1S/C14H15BrN2O4/c15-9-3-1-8(2-4-9)14(5-6-14)13(21)17-10(12(19)20)7-11(16)18/h1-4,10H,5-7H2,(H2,16,18)(H,17,21)(H,19,20)/t10-/m0/s1. The zero-order valence-corrected chi connectivity index (χ0v) is 12.7. The van der Waals surface area contributed by atoms with Gasteiger partial charge in [-0.15, -0.1) is 0 Å². The fraction of sp³-hybridized carbons (Fsp3) is 0.357. The molecule has 2 amide bonds. The average Bonchev–Trinajstić information content (AvgIpc) is 3.19. The number of primary amides is 1. The van der Waals surface area contributed by atoms with Crippen LogP contribution in [-0.4, -0.2) is 28.9 Å². The Labute approximate surface area is 129 Å². The van der Waals surface area contributed by atoms with Crippen molar-refractivity contribution in [2.45, 2.75) is 30.7 Å². The van der Waals surface area contributed by atoms with Gasteiger partial charge >= 0.3 is 5.97 Å². The molecule has 0 aromatic heterocycles. The van der Waals surface area contributed by atoms with E-state index < -0.39 is 29.8 Å². The highest BCUT2D eigenvalue weighted by Crippen LogP contribution is 2.48. The van der Waals surface area contributed by atoms with Gasteiger partial charge in [-0.3, -0.25) is 9.59 Å². The maximum Gasteiger partial charge on any atom is 0.326 e. The van der Waals surface area contributed by atoms with E-state index in [1.54, 1.807) is 0 Å². The lowest BCUT2D eigenvalue weighted by atomic mass is 9.94. The summed E-state index contributed by atoms with van der Waals surface area (Å²) in [6, 6.07) is 6.05. The molecule has 0 saturated heterocycles. The molecule has 1 saturated carbocycles. The molecule has 2 rings (SSSR count). The van der Waals surface area contributed by atoms with Gasteiger partial charge in [0.05, 0.1) is 11.8 Å². The summed E-state index contributed by atoms with van der Waals surface area (Å²) >= 11 is 3.33. The van der Waals surface area contributed by atoms with Crippen molar-refractivity contribution in [2.24, 2.45) is 5.73 Å². The van der Waals surface area contributed by atoms with Crippen LogP contribution in [-0.2, 0) is 19.8 Å². The molecule has 0 heterocycles. The number of benzene rings is 1. The van der Waals surface area contributed by atoms with E-state index in [1.165, 1.54) is 0 Å². The van der Waals surface area contributed by atoms with Gasteiger partial charge in [0.15, 0.2) is 0 Å². The minimum atomic E-state index is -1.29. The van der Waals surface area contributed by atoms with Gasteiger partial charge in [0, 0.05) is 4.47 Å². The van der Waals surface area contributed by atoms with Gasteiger partial charge in [0.25, 0.3) is 0 Å². The van der Waals surface area contributed by atoms with Crippen LogP contribution in [0, 0.1) is 0 Å². The molecule has 0 aliphatic heterocycles.